The van der Waals surface area contributed by atoms with E-state index in [1.807, 2.05) is 0 Å². The zero-order valence-electron chi connectivity index (χ0n) is 23.8. The third-order valence-electron chi connectivity index (χ3n) is 8.62. The minimum absolute atomic E-state index is 0. The van der Waals surface area contributed by atoms with Gasteiger partial charge in [-0.3, -0.25) is 0 Å². The second-order valence-corrected chi connectivity index (χ2v) is 31.1. The van der Waals surface area contributed by atoms with E-state index < -0.39 is 26.8 Å². The fraction of sp³-hybridized carbons (Fsp3) is 0.222. The van der Waals surface area contributed by atoms with Crippen LogP contribution in [0.3, 0.4) is 0 Å². The molecule has 6 rings (SSSR count). The fourth-order valence-corrected chi connectivity index (χ4v) is 30.1. The van der Waals surface area contributed by atoms with Crippen LogP contribution in [0.1, 0.15) is 56.2 Å². The number of rotatable bonds is 7. The zero-order valence-corrected chi connectivity index (χ0v) is 28.9. The van der Waals surface area contributed by atoms with Crippen molar-refractivity contribution >= 4 is 18.1 Å². The SMILES string of the molecule is CCC1=Cc2c(-c3ccccc3)cccc2[CH]1[Zr+2]([CH]1C(CC)=Cc2c(-c3ccccc3)cccc21)[SiH](C)C.[Cl-].[Cl-]. The Morgan fingerprint density at radius 3 is 1.30 bits per heavy atom. The second kappa shape index (κ2) is 13.3. The van der Waals surface area contributed by atoms with Gasteiger partial charge in [-0.05, 0) is 0 Å². The average molecular weight is 660 g/mol. The standard InChI is InChI=1S/2C17H15.C2H7Si.2ClH.Zr/c2*1-2-13-11-15-9-6-10-16(17(15)12-13)14-7-4-3-5-8-14;1-3-2;;;/h2*3-12H,2H2,1H3;3H,1-2H3;2*1H;/q;;;;;+2/p-2. The predicted octanol–water partition coefficient (Wildman–Crippen LogP) is 4.03. The molecule has 0 heterocycles. The molecule has 0 saturated carbocycles. The van der Waals surface area contributed by atoms with E-state index in [0.29, 0.717) is 7.25 Å². The Labute approximate surface area is 261 Å². The van der Waals surface area contributed by atoms with E-state index in [2.05, 4.69) is 136 Å². The normalized spacial score (nSPS) is 16.8. The van der Waals surface area contributed by atoms with Crippen molar-refractivity contribution in [2.45, 2.75) is 47.0 Å². The molecule has 2 aliphatic carbocycles. The number of allylic oxidation sites excluding steroid dienone is 2. The summed E-state index contributed by atoms with van der Waals surface area (Å²) >= 11 is -2.06. The van der Waals surface area contributed by atoms with Crippen LogP contribution in [0.4, 0.5) is 0 Å². The van der Waals surface area contributed by atoms with Crippen molar-refractivity contribution in [1.82, 2.24) is 0 Å². The summed E-state index contributed by atoms with van der Waals surface area (Å²) in [7, 11) is 0. The molecule has 40 heavy (non-hydrogen) atoms. The van der Waals surface area contributed by atoms with Crippen LogP contribution in [-0.4, -0.2) is 5.92 Å². The first-order chi connectivity index (χ1) is 18.6. The number of hydrogen-bond donors (Lipinski definition) is 0. The summed E-state index contributed by atoms with van der Waals surface area (Å²) in [6, 6.07) is 36.3. The van der Waals surface area contributed by atoms with Gasteiger partial charge in [0.25, 0.3) is 0 Å². The molecule has 4 aromatic rings. The summed E-state index contributed by atoms with van der Waals surface area (Å²) in [6.45, 7) is 10.1. The predicted molar refractivity (Wildman–Crippen MR) is 165 cm³/mol. The van der Waals surface area contributed by atoms with Crippen molar-refractivity contribution in [3.63, 3.8) is 0 Å². The molecule has 2 atom stereocenters. The molecule has 0 nitrogen and oxygen atoms in total. The molecule has 4 heteroatoms. The molecule has 0 amide bonds. The third-order valence-corrected chi connectivity index (χ3v) is 30.4. The minimum Gasteiger partial charge on any atom is -1.00 e. The molecule has 4 aromatic carbocycles. The van der Waals surface area contributed by atoms with Gasteiger partial charge < -0.3 is 24.8 Å². The average Bonchev–Trinajstić information content (AvgIpc) is 3.52. The summed E-state index contributed by atoms with van der Waals surface area (Å²) < 4.78 is 1.39. The Bertz CT molecular complexity index is 1410. The first kappa shape index (κ1) is 31.0. The quantitative estimate of drug-likeness (QED) is 0.263. The van der Waals surface area contributed by atoms with Gasteiger partial charge in [0.2, 0.25) is 0 Å². The van der Waals surface area contributed by atoms with Gasteiger partial charge in [0, 0.05) is 0 Å². The van der Waals surface area contributed by atoms with Crippen LogP contribution in [0.5, 0.6) is 0 Å². The Balaban J connectivity index is 0.00000185. The van der Waals surface area contributed by atoms with Crippen molar-refractivity contribution in [3.8, 4) is 22.3 Å². The molecule has 2 aliphatic rings. The van der Waals surface area contributed by atoms with Gasteiger partial charge in [-0.1, -0.05) is 0 Å². The first-order valence-corrected chi connectivity index (χ1v) is 24.2. The number of hydrogen-bond acceptors (Lipinski definition) is 0. The third kappa shape index (κ3) is 5.46. The molecular weight excluding hydrogens is 623 g/mol. The molecule has 0 aromatic heterocycles. The topological polar surface area (TPSA) is 0 Å². The van der Waals surface area contributed by atoms with Gasteiger partial charge in [0.1, 0.15) is 0 Å². The summed E-state index contributed by atoms with van der Waals surface area (Å²) in [6.07, 6.45) is 7.53. The summed E-state index contributed by atoms with van der Waals surface area (Å²) in [5, 5.41) is 0. The zero-order chi connectivity index (χ0) is 26.2. The Morgan fingerprint density at radius 2 is 0.950 bits per heavy atom. The van der Waals surface area contributed by atoms with Crippen LogP contribution < -0.4 is 24.8 Å². The molecular formula is C36H37Cl2SiZr. The minimum atomic E-state index is -2.06. The van der Waals surface area contributed by atoms with Gasteiger partial charge in [-0.15, -0.1) is 0 Å². The maximum Gasteiger partial charge on any atom is -1.00 e. The van der Waals surface area contributed by atoms with Crippen LogP contribution in [0.25, 0.3) is 34.4 Å². The summed E-state index contributed by atoms with van der Waals surface area (Å²) in [4.78, 5) is 0. The van der Waals surface area contributed by atoms with Crippen molar-refractivity contribution in [1.29, 1.82) is 0 Å². The molecule has 0 N–H and O–H groups in total. The van der Waals surface area contributed by atoms with Gasteiger partial charge in [-0.25, -0.2) is 0 Å². The van der Waals surface area contributed by atoms with E-state index in [0.717, 1.165) is 12.8 Å². The number of fused-ring (bicyclic) bond motifs is 2. The van der Waals surface area contributed by atoms with E-state index >= 15 is 0 Å². The van der Waals surface area contributed by atoms with Gasteiger partial charge in [-0.2, -0.15) is 0 Å². The largest absolute Gasteiger partial charge is 1.00 e. The molecule has 0 spiro atoms. The smallest absolute Gasteiger partial charge is 1.00 e. The van der Waals surface area contributed by atoms with E-state index in [-0.39, 0.29) is 24.8 Å². The van der Waals surface area contributed by atoms with Crippen molar-refractivity contribution < 1.29 is 45.7 Å². The van der Waals surface area contributed by atoms with Crippen molar-refractivity contribution in [2.24, 2.45) is 0 Å². The first-order valence-electron chi connectivity index (χ1n) is 14.3. The number of benzene rings is 4. The Hall–Kier alpha value is -1.96. The van der Waals surface area contributed by atoms with E-state index in [9.17, 15) is 0 Å². The van der Waals surface area contributed by atoms with Crippen LogP contribution >= 0.6 is 0 Å². The van der Waals surface area contributed by atoms with E-state index in [4.69, 9.17) is 0 Å². The molecule has 203 valence electrons. The summed E-state index contributed by atoms with van der Waals surface area (Å²) in [5.74, 6) is -0.878. The monoisotopic (exact) mass is 657 g/mol. The number of halogens is 2. The Kier molecular flexibility index (Phi) is 10.3. The van der Waals surface area contributed by atoms with E-state index in [1.54, 1.807) is 22.3 Å². The Morgan fingerprint density at radius 1 is 0.550 bits per heavy atom. The van der Waals surface area contributed by atoms with Crippen molar-refractivity contribution in [3.05, 3.63) is 130 Å². The molecule has 0 bridgehead atoms. The van der Waals surface area contributed by atoms with E-state index in [1.165, 1.54) is 33.4 Å². The molecule has 2 unspecified atom stereocenters. The maximum absolute atomic E-state index is 2.67. The van der Waals surface area contributed by atoms with Gasteiger partial charge in [0.15, 0.2) is 0 Å². The van der Waals surface area contributed by atoms with Crippen LogP contribution in [0, 0.1) is 0 Å². The molecule has 0 fully saturated rings. The molecule has 0 radical (unpaired) electrons. The molecule has 0 aliphatic heterocycles. The van der Waals surface area contributed by atoms with Gasteiger partial charge >= 0.3 is 239 Å². The van der Waals surface area contributed by atoms with Crippen molar-refractivity contribution in [2.75, 3.05) is 0 Å². The second-order valence-electron chi connectivity index (χ2n) is 11.0. The van der Waals surface area contributed by atoms with Crippen LogP contribution in [0.15, 0.2) is 108 Å². The van der Waals surface area contributed by atoms with Gasteiger partial charge in [0.05, 0.1) is 0 Å². The van der Waals surface area contributed by atoms with Crippen LogP contribution in [0.2, 0.25) is 13.1 Å². The maximum atomic E-state index is 2.67. The fourth-order valence-electron chi connectivity index (χ4n) is 6.90. The molecule has 0 saturated heterocycles. The van der Waals surface area contributed by atoms with Crippen LogP contribution in [-0.2, 0) is 20.9 Å². The summed E-state index contributed by atoms with van der Waals surface area (Å²) in [5.41, 5.74) is 15.2.